The van der Waals surface area contributed by atoms with Gasteiger partial charge in [0.2, 0.25) is 9.84 Å². The molecule has 29 heavy (non-hydrogen) atoms. The van der Waals surface area contributed by atoms with Crippen molar-refractivity contribution in [2.75, 3.05) is 7.05 Å². The van der Waals surface area contributed by atoms with E-state index in [1.807, 2.05) is 12.1 Å². The zero-order valence-corrected chi connectivity index (χ0v) is 17.3. The number of nitrogens with one attached hydrogen (secondary N) is 2. The van der Waals surface area contributed by atoms with Gasteiger partial charge in [0.05, 0.1) is 4.90 Å². The SMILES string of the molecule is CNC(=O)C(F)(C1CCc2c([nH]c3ccc(Cl)cc23)C1)S(=O)(=O)c1ccccc1. The lowest BCUT2D eigenvalue weighted by Crippen LogP contribution is -2.54. The average molecular weight is 435 g/mol. The molecule has 1 aliphatic rings. The van der Waals surface area contributed by atoms with E-state index in [1.165, 1.54) is 31.3 Å². The molecule has 2 unspecified atom stereocenters. The Balaban J connectivity index is 1.80. The quantitative estimate of drug-likeness (QED) is 0.655. The fourth-order valence-corrected chi connectivity index (χ4v) is 6.20. The van der Waals surface area contributed by atoms with Gasteiger partial charge >= 0.3 is 0 Å². The number of benzene rings is 2. The molecule has 1 amide bonds. The van der Waals surface area contributed by atoms with Gasteiger partial charge in [-0.1, -0.05) is 29.8 Å². The van der Waals surface area contributed by atoms with Gasteiger partial charge in [-0.15, -0.1) is 0 Å². The van der Waals surface area contributed by atoms with Gasteiger partial charge in [-0.05, 0) is 55.2 Å². The second-order valence-electron chi connectivity index (χ2n) is 7.25. The molecule has 5 nitrogen and oxygen atoms in total. The Labute approximate surface area is 173 Å². The Morgan fingerprint density at radius 1 is 1.24 bits per heavy atom. The molecule has 2 aromatic carbocycles. The molecule has 1 aliphatic carbocycles. The monoisotopic (exact) mass is 434 g/mol. The summed E-state index contributed by atoms with van der Waals surface area (Å²) in [4.78, 5) is 15.6. The predicted octanol–water partition coefficient (Wildman–Crippen LogP) is 3.81. The molecule has 0 aliphatic heterocycles. The van der Waals surface area contributed by atoms with E-state index in [-0.39, 0.29) is 17.7 Å². The van der Waals surface area contributed by atoms with Gasteiger partial charge in [0.15, 0.2) is 0 Å². The summed E-state index contributed by atoms with van der Waals surface area (Å²) in [6, 6.07) is 12.7. The van der Waals surface area contributed by atoms with Gasteiger partial charge in [0.25, 0.3) is 10.9 Å². The molecule has 1 aromatic heterocycles. The van der Waals surface area contributed by atoms with E-state index in [9.17, 15) is 13.2 Å². The molecule has 0 radical (unpaired) electrons. The van der Waals surface area contributed by atoms with E-state index in [1.54, 1.807) is 12.1 Å². The maximum atomic E-state index is 16.3. The highest BCUT2D eigenvalue weighted by Gasteiger charge is 2.58. The molecule has 0 saturated heterocycles. The Morgan fingerprint density at radius 2 is 1.97 bits per heavy atom. The van der Waals surface area contributed by atoms with E-state index in [0.717, 1.165) is 22.2 Å². The maximum Gasteiger partial charge on any atom is 0.294 e. The molecule has 2 atom stereocenters. The van der Waals surface area contributed by atoms with Crippen LogP contribution in [-0.2, 0) is 27.5 Å². The average Bonchev–Trinajstić information content (AvgIpc) is 3.10. The summed E-state index contributed by atoms with van der Waals surface area (Å²) in [7, 11) is -3.32. The van der Waals surface area contributed by atoms with Crippen molar-refractivity contribution >= 4 is 38.2 Å². The van der Waals surface area contributed by atoms with Gasteiger partial charge in [-0.2, -0.15) is 0 Å². The highest BCUT2D eigenvalue weighted by Crippen LogP contribution is 2.43. The summed E-state index contributed by atoms with van der Waals surface area (Å²) in [6.07, 6.45) is 0.785. The first-order valence-electron chi connectivity index (χ1n) is 9.28. The third-order valence-corrected chi connectivity index (χ3v) is 8.09. The van der Waals surface area contributed by atoms with Crippen molar-refractivity contribution in [3.05, 3.63) is 64.8 Å². The summed E-state index contributed by atoms with van der Waals surface area (Å²) in [5.74, 6) is -2.17. The molecule has 152 valence electrons. The number of alkyl halides is 1. The number of aromatic nitrogens is 1. The number of aryl methyl sites for hydroxylation is 1. The van der Waals surface area contributed by atoms with Crippen molar-refractivity contribution in [2.24, 2.45) is 5.92 Å². The number of sulfone groups is 1. The third-order valence-electron chi connectivity index (χ3n) is 5.66. The first-order chi connectivity index (χ1) is 13.8. The van der Waals surface area contributed by atoms with E-state index in [4.69, 9.17) is 11.6 Å². The minimum absolute atomic E-state index is 0.109. The molecule has 4 rings (SSSR count). The van der Waals surface area contributed by atoms with Gasteiger partial charge in [-0.3, -0.25) is 4.79 Å². The number of amides is 1. The minimum atomic E-state index is -4.56. The van der Waals surface area contributed by atoms with Crippen LogP contribution in [0.1, 0.15) is 17.7 Å². The number of rotatable bonds is 4. The summed E-state index contributed by atoms with van der Waals surface area (Å²) < 4.78 is 42.8. The number of fused-ring (bicyclic) bond motifs is 3. The van der Waals surface area contributed by atoms with Crippen molar-refractivity contribution in [3.8, 4) is 0 Å². The van der Waals surface area contributed by atoms with Crippen LogP contribution in [0.4, 0.5) is 4.39 Å². The van der Waals surface area contributed by atoms with Gasteiger partial charge in [0, 0.05) is 34.6 Å². The largest absolute Gasteiger partial charge is 0.358 e. The standard InChI is InChI=1S/C21H20ClFN2O3S/c1-24-20(26)21(23,29(27,28)15-5-3-2-4-6-15)13-7-9-16-17-12-14(22)8-10-18(17)25-19(16)11-13/h2-6,8,10,12-13,25H,7,9,11H2,1H3,(H,24,26). The van der Waals surface area contributed by atoms with Crippen LogP contribution in [0.25, 0.3) is 10.9 Å². The number of aromatic amines is 1. The molecule has 3 aromatic rings. The molecule has 0 bridgehead atoms. The first kappa shape index (κ1) is 19.9. The van der Waals surface area contributed by atoms with E-state index < -0.39 is 26.7 Å². The topological polar surface area (TPSA) is 79.0 Å². The molecular weight excluding hydrogens is 415 g/mol. The number of hydrogen-bond acceptors (Lipinski definition) is 3. The van der Waals surface area contributed by atoms with Crippen molar-refractivity contribution in [3.63, 3.8) is 0 Å². The smallest absolute Gasteiger partial charge is 0.294 e. The van der Waals surface area contributed by atoms with Crippen LogP contribution in [-0.4, -0.2) is 31.4 Å². The zero-order chi connectivity index (χ0) is 20.8. The molecule has 1 heterocycles. The number of H-pyrrole nitrogens is 1. The first-order valence-corrected chi connectivity index (χ1v) is 11.1. The predicted molar refractivity (Wildman–Crippen MR) is 110 cm³/mol. The molecule has 0 saturated carbocycles. The zero-order valence-electron chi connectivity index (χ0n) is 15.7. The summed E-state index contributed by atoms with van der Waals surface area (Å²) in [5.41, 5.74) is 2.60. The highest BCUT2D eigenvalue weighted by molar-refractivity contribution is 7.93. The van der Waals surface area contributed by atoms with Gasteiger partial charge in [0.1, 0.15) is 0 Å². The molecule has 8 heteroatoms. The normalized spacial score (nSPS) is 18.8. The number of halogens is 2. The van der Waals surface area contributed by atoms with Crippen molar-refractivity contribution in [2.45, 2.75) is 29.2 Å². The van der Waals surface area contributed by atoms with Gasteiger partial charge < -0.3 is 10.3 Å². The van der Waals surface area contributed by atoms with E-state index >= 15 is 4.39 Å². The number of carbonyl (C=O) groups excluding carboxylic acids is 1. The van der Waals surface area contributed by atoms with Crippen LogP contribution in [0, 0.1) is 5.92 Å². The minimum Gasteiger partial charge on any atom is -0.358 e. The van der Waals surface area contributed by atoms with Crippen molar-refractivity contribution in [1.82, 2.24) is 10.3 Å². The Kier molecular flexibility index (Phi) is 4.91. The lowest BCUT2D eigenvalue weighted by Gasteiger charge is -2.34. The lowest BCUT2D eigenvalue weighted by molar-refractivity contribution is -0.130. The van der Waals surface area contributed by atoms with Gasteiger partial charge in [-0.25, -0.2) is 12.8 Å². The Bertz CT molecular complexity index is 1190. The van der Waals surface area contributed by atoms with E-state index in [0.29, 0.717) is 11.4 Å². The molecule has 0 fully saturated rings. The second-order valence-corrected chi connectivity index (χ2v) is 9.76. The van der Waals surface area contributed by atoms with Crippen LogP contribution in [0.15, 0.2) is 53.4 Å². The molecule has 0 spiro atoms. The van der Waals surface area contributed by atoms with Crippen LogP contribution in [0.5, 0.6) is 0 Å². The maximum absolute atomic E-state index is 16.3. The van der Waals surface area contributed by atoms with Crippen LogP contribution >= 0.6 is 11.6 Å². The second kappa shape index (κ2) is 7.15. The lowest BCUT2D eigenvalue weighted by atomic mass is 9.83. The summed E-state index contributed by atoms with van der Waals surface area (Å²) in [5, 5.41) is 0.684. The van der Waals surface area contributed by atoms with Crippen molar-refractivity contribution in [1.29, 1.82) is 0 Å². The van der Waals surface area contributed by atoms with Crippen LogP contribution in [0.2, 0.25) is 5.02 Å². The number of hydrogen-bond donors (Lipinski definition) is 2. The number of carbonyl (C=O) groups is 1. The molecular formula is C21H20ClFN2O3S. The van der Waals surface area contributed by atoms with Crippen LogP contribution in [0.3, 0.4) is 0 Å². The summed E-state index contributed by atoms with van der Waals surface area (Å²) >= 11 is 6.10. The van der Waals surface area contributed by atoms with Crippen LogP contribution < -0.4 is 5.32 Å². The third kappa shape index (κ3) is 3.04. The molecule has 2 N–H and O–H groups in total. The Morgan fingerprint density at radius 3 is 2.66 bits per heavy atom. The van der Waals surface area contributed by atoms with Crippen molar-refractivity contribution < 1.29 is 17.6 Å². The fraction of sp³-hybridized carbons (Fsp3) is 0.286. The Hall–Kier alpha value is -2.38. The highest BCUT2D eigenvalue weighted by atomic mass is 35.5. The van der Waals surface area contributed by atoms with E-state index in [2.05, 4.69) is 10.3 Å². The fourth-order valence-electron chi connectivity index (χ4n) is 4.19. The summed E-state index contributed by atoms with van der Waals surface area (Å²) in [6.45, 7) is 0.